The topological polar surface area (TPSA) is 38.7 Å². The third kappa shape index (κ3) is 4.14. The van der Waals surface area contributed by atoms with Gasteiger partial charge in [-0.1, -0.05) is 11.6 Å². The lowest BCUT2D eigenvalue weighted by Gasteiger charge is -2.21. The van der Waals surface area contributed by atoms with E-state index in [-0.39, 0.29) is 5.69 Å². The quantitative estimate of drug-likeness (QED) is 0.741. The van der Waals surface area contributed by atoms with Crippen molar-refractivity contribution >= 4 is 35.7 Å². The molecule has 20 heavy (non-hydrogen) atoms. The maximum absolute atomic E-state index is 13.0. The minimum atomic E-state index is -4.77. The van der Waals surface area contributed by atoms with Gasteiger partial charge in [-0.3, -0.25) is 0 Å². The number of carbonyl (C=O) groups excluding carboxylic acids is 1. The SMILES string of the molecule is CC(C)(C)OC(=O)c1c(Cl)cc(N=S)cc1C(F)(F)F. The number of esters is 1. The monoisotopic (exact) mass is 325 g/mol. The van der Waals surface area contributed by atoms with Gasteiger partial charge in [0.15, 0.2) is 0 Å². The Hall–Kier alpha value is -1.21. The fraction of sp³-hybridized carbons (Fsp3) is 0.417. The Labute approximate surface area is 124 Å². The summed E-state index contributed by atoms with van der Waals surface area (Å²) in [5, 5.41) is -0.405. The predicted octanol–water partition coefficient (Wildman–Crippen LogP) is 4.68. The Morgan fingerprint density at radius 1 is 1.30 bits per heavy atom. The molecule has 0 fully saturated rings. The number of nitrogens with zero attached hydrogens (tertiary/aromatic N) is 1. The van der Waals surface area contributed by atoms with E-state index in [4.69, 9.17) is 16.3 Å². The molecule has 0 aliphatic heterocycles. The standard InChI is InChI=1S/C12H11ClF3NO2S/c1-11(2,3)19-10(18)9-7(12(14,15)16)4-6(17-20)5-8(9)13/h4-5H,1-3H3. The van der Waals surface area contributed by atoms with Crippen LogP contribution < -0.4 is 0 Å². The predicted molar refractivity (Wildman–Crippen MR) is 71.1 cm³/mol. The third-order valence-electron chi connectivity index (χ3n) is 2.09. The van der Waals surface area contributed by atoms with Crippen molar-refractivity contribution in [2.24, 2.45) is 4.36 Å². The largest absolute Gasteiger partial charge is 0.456 e. The van der Waals surface area contributed by atoms with E-state index in [0.717, 1.165) is 6.07 Å². The lowest BCUT2D eigenvalue weighted by molar-refractivity contribution is -0.138. The number of ether oxygens (including phenoxy) is 1. The molecule has 0 radical (unpaired) electrons. The molecule has 0 unspecified atom stereocenters. The van der Waals surface area contributed by atoms with Crippen molar-refractivity contribution in [2.45, 2.75) is 32.5 Å². The summed E-state index contributed by atoms with van der Waals surface area (Å²) in [6.45, 7) is 4.62. The maximum atomic E-state index is 13.0. The van der Waals surface area contributed by atoms with Crippen LogP contribution in [0.1, 0.15) is 36.7 Å². The Morgan fingerprint density at radius 3 is 2.25 bits per heavy atom. The fourth-order valence-electron chi connectivity index (χ4n) is 1.41. The summed E-state index contributed by atoms with van der Waals surface area (Å²) in [4.78, 5) is 11.9. The van der Waals surface area contributed by atoms with Crippen LogP contribution in [0.3, 0.4) is 0 Å². The molecule has 0 bridgehead atoms. The molecule has 0 aromatic heterocycles. The highest BCUT2D eigenvalue weighted by Gasteiger charge is 2.38. The van der Waals surface area contributed by atoms with Crippen molar-refractivity contribution in [1.82, 2.24) is 0 Å². The highest BCUT2D eigenvalue weighted by Crippen LogP contribution is 2.38. The molecule has 0 amide bonds. The van der Waals surface area contributed by atoms with Gasteiger partial charge >= 0.3 is 12.1 Å². The van der Waals surface area contributed by atoms with Gasteiger partial charge < -0.3 is 4.74 Å². The number of hydrogen-bond donors (Lipinski definition) is 0. The van der Waals surface area contributed by atoms with Crippen molar-refractivity contribution < 1.29 is 22.7 Å². The summed E-state index contributed by atoms with van der Waals surface area (Å²) in [6.07, 6.45) is -4.77. The number of carbonyl (C=O) groups is 1. The zero-order valence-electron chi connectivity index (χ0n) is 10.8. The first kappa shape index (κ1) is 16.8. The lowest BCUT2D eigenvalue weighted by atomic mass is 10.1. The number of hydrogen-bond acceptors (Lipinski definition) is 4. The summed E-state index contributed by atoms with van der Waals surface area (Å²) in [6, 6.07) is 1.75. The van der Waals surface area contributed by atoms with Crippen LogP contribution in [0.5, 0.6) is 0 Å². The molecule has 8 heteroatoms. The van der Waals surface area contributed by atoms with Crippen LogP contribution in [-0.4, -0.2) is 11.6 Å². The molecule has 0 atom stereocenters. The smallest absolute Gasteiger partial charge is 0.417 e. The van der Waals surface area contributed by atoms with Crippen LogP contribution in [-0.2, 0) is 23.3 Å². The van der Waals surface area contributed by atoms with Gasteiger partial charge in [-0.15, -0.1) is 0 Å². The average molecular weight is 326 g/mol. The first-order valence-corrected chi connectivity index (χ1v) is 6.17. The molecular weight excluding hydrogens is 315 g/mol. The van der Waals surface area contributed by atoms with Crippen LogP contribution in [0.25, 0.3) is 0 Å². The number of alkyl halides is 3. The van der Waals surface area contributed by atoms with Crippen molar-refractivity contribution in [3.05, 3.63) is 28.3 Å². The van der Waals surface area contributed by atoms with Crippen LogP contribution in [0.4, 0.5) is 18.9 Å². The van der Waals surface area contributed by atoms with Crippen molar-refractivity contribution in [2.75, 3.05) is 0 Å². The molecule has 110 valence electrons. The molecule has 0 N–H and O–H groups in total. The van der Waals surface area contributed by atoms with E-state index in [1.807, 2.05) is 0 Å². The number of rotatable bonds is 2. The lowest BCUT2D eigenvalue weighted by Crippen LogP contribution is -2.26. The van der Waals surface area contributed by atoms with E-state index in [1.165, 1.54) is 0 Å². The van der Waals surface area contributed by atoms with Crippen LogP contribution in [0.15, 0.2) is 16.5 Å². The fourth-order valence-corrected chi connectivity index (χ4v) is 1.80. The highest BCUT2D eigenvalue weighted by molar-refractivity contribution is 7.47. The zero-order valence-corrected chi connectivity index (χ0v) is 12.4. The summed E-state index contributed by atoms with van der Waals surface area (Å²) in [7, 11) is 0. The van der Waals surface area contributed by atoms with Gasteiger partial charge in [-0.2, -0.15) is 17.5 Å². The summed E-state index contributed by atoms with van der Waals surface area (Å²) in [5.74, 6) is -1.15. The van der Waals surface area contributed by atoms with Crippen molar-refractivity contribution in [1.29, 1.82) is 0 Å². The Bertz CT molecular complexity index is 553. The van der Waals surface area contributed by atoms with E-state index in [2.05, 4.69) is 16.8 Å². The number of benzene rings is 1. The van der Waals surface area contributed by atoms with Crippen LogP contribution in [0, 0.1) is 0 Å². The Morgan fingerprint density at radius 2 is 1.85 bits per heavy atom. The average Bonchev–Trinajstić information content (AvgIpc) is 2.23. The van der Waals surface area contributed by atoms with Crippen molar-refractivity contribution in [3.8, 4) is 0 Å². The third-order valence-corrected chi connectivity index (χ3v) is 2.60. The van der Waals surface area contributed by atoms with E-state index in [0.29, 0.717) is 6.07 Å². The van der Waals surface area contributed by atoms with E-state index < -0.39 is 33.9 Å². The zero-order chi connectivity index (χ0) is 15.7. The second kappa shape index (κ2) is 5.65. The Kier molecular flexibility index (Phi) is 4.76. The summed E-state index contributed by atoms with van der Waals surface area (Å²) in [5.41, 5.74) is -3.05. The van der Waals surface area contributed by atoms with E-state index >= 15 is 0 Å². The number of halogens is 4. The first-order valence-electron chi connectivity index (χ1n) is 5.43. The second-order valence-electron chi connectivity index (χ2n) is 4.94. The van der Waals surface area contributed by atoms with Gasteiger partial charge in [0.25, 0.3) is 0 Å². The summed E-state index contributed by atoms with van der Waals surface area (Å²) >= 11 is 10.1. The molecule has 1 aromatic rings. The van der Waals surface area contributed by atoms with Gasteiger partial charge in [0.2, 0.25) is 0 Å². The van der Waals surface area contributed by atoms with Crippen LogP contribution in [0.2, 0.25) is 5.02 Å². The van der Waals surface area contributed by atoms with Gasteiger partial charge in [0, 0.05) is 12.4 Å². The summed E-state index contributed by atoms with van der Waals surface area (Å²) < 4.78 is 47.1. The van der Waals surface area contributed by atoms with Gasteiger partial charge in [-0.05, 0) is 32.9 Å². The minimum absolute atomic E-state index is 0.148. The molecule has 1 aromatic carbocycles. The molecule has 0 spiro atoms. The Balaban J connectivity index is 3.45. The normalized spacial score (nSPS) is 12.2. The first-order chi connectivity index (χ1) is 8.95. The van der Waals surface area contributed by atoms with E-state index in [1.54, 1.807) is 20.8 Å². The van der Waals surface area contributed by atoms with Gasteiger partial charge in [0.05, 0.1) is 21.8 Å². The molecule has 0 saturated heterocycles. The van der Waals surface area contributed by atoms with Crippen molar-refractivity contribution in [3.63, 3.8) is 0 Å². The highest BCUT2D eigenvalue weighted by atomic mass is 35.5. The maximum Gasteiger partial charge on any atom is 0.417 e. The molecule has 0 aliphatic carbocycles. The molecule has 1 rings (SSSR count). The molecular formula is C12H11ClF3NO2S. The molecule has 3 nitrogen and oxygen atoms in total. The molecule has 0 aliphatic rings. The van der Waals surface area contributed by atoms with Crippen LogP contribution >= 0.6 is 11.6 Å². The molecule has 0 saturated carbocycles. The second-order valence-corrected chi connectivity index (χ2v) is 5.53. The molecule has 0 heterocycles. The van der Waals surface area contributed by atoms with E-state index in [9.17, 15) is 18.0 Å². The minimum Gasteiger partial charge on any atom is -0.456 e. The van der Waals surface area contributed by atoms with Gasteiger partial charge in [-0.25, -0.2) is 4.79 Å². The van der Waals surface area contributed by atoms with Gasteiger partial charge in [0.1, 0.15) is 5.60 Å².